The zero-order valence-corrected chi connectivity index (χ0v) is 15.8. The predicted molar refractivity (Wildman–Crippen MR) is 98.4 cm³/mol. The van der Waals surface area contributed by atoms with Crippen molar-refractivity contribution in [2.45, 2.75) is 38.9 Å². The van der Waals surface area contributed by atoms with Gasteiger partial charge in [0.1, 0.15) is 5.69 Å². The summed E-state index contributed by atoms with van der Waals surface area (Å²) in [6, 6.07) is 7.21. The van der Waals surface area contributed by atoms with Crippen molar-refractivity contribution in [2.75, 3.05) is 13.2 Å². The second-order valence-corrected chi connectivity index (χ2v) is 7.43. The number of nitrogens with one attached hydrogen (secondary N) is 1. The average molecular weight is 374 g/mol. The van der Waals surface area contributed by atoms with Gasteiger partial charge < -0.3 is 20.3 Å². The zero-order valence-electron chi connectivity index (χ0n) is 15.8. The highest BCUT2D eigenvalue weighted by atomic mass is 16.5. The van der Waals surface area contributed by atoms with Gasteiger partial charge in [-0.05, 0) is 38.8 Å². The Hall–Kier alpha value is -2.45. The van der Waals surface area contributed by atoms with E-state index in [0.29, 0.717) is 24.4 Å². The maximum atomic E-state index is 12.5. The standard InChI is InChI=1S/C19H26N4O4/c1-12-5-4-6-17(21-12)27-11-19(8-15(24)16(25)9-19)10-20-18(26)14-7-13(2)22-23(14)3/h4-7,15-16,24-25H,8-11H2,1-3H3,(H,20,26). The van der Waals surface area contributed by atoms with Gasteiger partial charge in [-0.15, -0.1) is 0 Å². The van der Waals surface area contributed by atoms with Gasteiger partial charge in [-0.1, -0.05) is 6.07 Å². The summed E-state index contributed by atoms with van der Waals surface area (Å²) in [7, 11) is 1.72. The highest BCUT2D eigenvalue weighted by molar-refractivity contribution is 5.92. The molecular formula is C19H26N4O4. The summed E-state index contributed by atoms with van der Waals surface area (Å²) < 4.78 is 7.37. The fraction of sp³-hybridized carbons (Fsp3) is 0.526. The number of ether oxygens (including phenoxy) is 1. The third-order valence-electron chi connectivity index (χ3n) is 4.98. The van der Waals surface area contributed by atoms with Crippen LogP contribution in [0.3, 0.4) is 0 Å². The van der Waals surface area contributed by atoms with Crippen molar-refractivity contribution in [3.8, 4) is 5.88 Å². The molecule has 1 amide bonds. The number of aliphatic hydroxyl groups is 2. The van der Waals surface area contributed by atoms with Gasteiger partial charge in [0, 0.05) is 30.8 Å². The minimum atomic E-state index is -0.838. The summed E-state index contributed by atoms with van der Waals surface area (Å²) in [5.74, 6) is 0.237. The Morgan fingerprint density at radius 1 is 1.30 bits per heavy atom. The van der Waals surface area contributed by atoms with Crippen molar-refractivity contribution in [1.82, 2.24) is 20.1 Å². The van der Waals surface area contributed by atoms with E-state index in [1.165, 1.54) is 4.68 Å². The van der Waals surface area contributed by atoms with E-state index >= 15 is 0 Å². The molecule has 2 aromatic rings. The maximum Gasteiger partial charge on any atom is 0.269 e. The normalized spacial score (nSPS) is 24.8. The topological polar surface area (TPSA) is 110 Å². The van der Waals surface area contributed by atoms with Crippen LogP contribution in [0.2, 0.25) is 0 Å². The van der Waals surface area contributed by atoms with Crippen LogP contribution in [0.15, 0.2) is 24.3 Å². The molecule has 1 aliphatic carbocycles. The van der Waals surface area contributed by atoms with Crippen LogP contribution in [0.1, 0.15) is 34.7 Å². The number of carbonyl (C=O) groups is 1. The van der Waals surface area contributed by atoms with Gasteiger partial charge in [-0.25, -0.2) is 4.98 Å². The van der Waals surface area contributed by atoms with Gasteiger partial charge in [0.05, 0.1) is 24.5 Å². The quantitative estimate of drug-likeness (QED) is 0.688. The fourth-order valence-corrected chi connectivity index (χ4v) is 3.56. The molecule has 0 radical (unpaired) electrons. The fourth-order valence-electron chi connectivity index (χ4n) is 3.56. The smallest absolute Gasteiger partial charge is 0.269 e. The number of nitrogens with zero attached hydrogens (tertiary/aromatic N) is 3. The molecule has 0 spiro atoms. The molecule has 8 heteroatoms. The molecule has 0 saturated heterocycles. The molecule has 2 atom stereocenters. The first-order valence-electron chi connectivity index (χ1n) is 8.99. The second-order valence-electron chi connectivity index (χ2n) is 7.43. The van der Waals surface area contributed by atoms with E-state index in [-0.39, 0.29) is 19.1 Å². The highest BCUT2D eigenvalue weighted by Gasteiger charge is 2.45. The van der Waals surface area contributed by atoms with Crippen molar-refractivity contribution in [2.24, 2.45) is 12.5 Å². The molecule has 1 aliphatic rings. The Labute approximate surface area is 158 Å². The van der Waals surface area contributed by atoms with Gasteiger partial charge in [-0.3, -0.25) is 9.48 Å². The lowest BCUT2D eigenvalue weighted by atomic mass is 9.86. The summed E-state index contributed by atoms with van der Waals surface area (Å²) in [5.41, 5.74) is 1.49. The molecule has 2 heterocycles. The Bertz CT molecular complexity index is 810. The van der Waals surface area contributed by atoms with E-state index in [4.69, 9.17) is 4.74 Å². The lowest BCUT2D eigenvalue weighted by Gasteiger charge is -2.29. The van der Waals surface area contributed by atoms with E-state index in [2.05, 4.69) is 15.4 Å². The van der Waals surface area contributed by atoms with Gasteiger partial charge in [0.15, 0.2) is 0 Å². The van der Waals surface area contributed by atoms with Crippen molar-refractivity contribution in [1.29, 1.82) is 0 Å². The molecule has 0 aromatic carbocycles. The van der Waals surface area contributed by atoms with Crippen LogP contribution in [0.5, 0.6) is 5.88 Å². The average Bonchev–Trinajstić information content (AvgIpc) is 3.10. The van der Waals surface area contributed by atoms with Crippen LogP contribution in [0, 0.1) is 19.3 Å². The first-order chi connectivity index (χ1) is 12.8. The Kier molecular flexibility index (Phi) is 5.48. The lowest BCUT2D eigenvalue weighted by Crippen LogP contribution is -2.41. The number of amides is 1. The molecule has 2 unspecified atom stereocenters. The predicted octanol–water partition coefficient (Wildman–Crippen LogP) is 0.743. The summed E-state index contributed by atoms with van der Waals surface area (Å²) in [5, 5.41) is 27.2. The molecule has 27 heavy (non-hydrogen) atoms. The monoisotopic (exact) mass is 374 g/mol. The van der Waals surface area contributed by atoms with Crippen LogP contribution in [0.25, 0.3) is 0 Å². The first kappa shape index (κ1) is 19.3. The van der Waals surface area contributed by atoms with Crippen molar-refractivity contribution in [3.05, 3.63) is 41.3 Å². The minimum absolute atomic E-state index is 0.238. The molecule has 1 fully saturated rings. The summed E-state index contributed by atoms with van der Waals surface area (Å²) in [6.07, 6.45) is -1.00. The van der Waals surface area contributed by atoms with Gasteiger partial charge in [0.2, 0.25) is 5.88 Å². The SMILES string of the molecule is Cc1cccc(OCC2(CNC(=O)c3cc(C)nn3C)CC(O)C(O)C2)n1. The molecule has 3 N–H and O–H groups in total. The Morgan fingerprint density at radius 3 is 2.59 bits per heavy atom. The van der Waals surface area contributed by atoms with Crippen LogP contribution in [-0.2, 0) is 7.05 Å². The third kappa shape index (κ3) is 4.45. The molecular weight excluding hydrogens is 348 g/mol. The lowest BCUT2D eigenvalue weighted by molar-refractivity contribution is 0.0438. The highest BCUT2D eigenvalue weighted by Crippen LogP contribution is 2.38. The summed E-state index contributed by atoms with van der Waals surface area (Å²) in [6.45, 7) is 4.21. The number of aryl methyl sites for hydroxylation is 3. The molecule has 2 aromatic heterocycles. The molecule has 3 rings (SSSR count). The van der Waals surface area contributed by atoms with E-state index < -0.39 is 17.6 Å². The van der Waals surface area contributed by atoms with Gasteiger partial charge >= 0.3 is 0 Å². The summed E-state index contributed by atoms with van der Waals surface area (Å²) in [4.78, 5) is 16.8. The number of carbonyl (C=O) groups excluding carboxylic acids is 1. The number of hydrogen-bond acceptors (Lipinski definition) is 6. The Morgan fingerprint density at radius 2 is 2.00 bits per heavy atom. The largest absolute Gasteiger partial charge is 0.477 e. The van der Waals surface area contributed by atoms with Crippen LogP contribution in [-0.4, -0.2) is 56.2 Å². The van der Waals surface area contributed by atoms with Crippen molar-refractivity contribution < 1.29 is 19.7 Å². The van der Waals surface area contributed by atoms with Gasteiger partial charge in [0.25, 0.3) is 5.91 Å². The Balaban J connectivity index is 1.69. The summed E-state index contributed by atoms with van der Waals surface area (Å²) >= 11 is 0. The van der Waals surface area contributed by atoms with E-state index in [1.54, 1.807) is 19.2 Å². The van der Waals surface area contributed by atoms with E-state index in [9.17, 15) is 15.0 Å². The number of aliphatic hydroxyl groups excluding tert-OH is 2. The molecule has 8 nitrogen and oxygen atoms in total. The maximum absolute atomic E-state index is 12.5. The molecule has 0 bridgehead atoms. The van der Waals surface area contributed by atoms with Gasteiger partial charge in [-0.2, -0.15) is 5.10 Å². The number of aromatic nitrogens is 3. The van der Waals surface area contributed by atoms with Crippen LogP contribution >= 0.6 is 0 Å². The van der Waals surface area contributed by atoms with Crippen LogP contribution < -0.4 is 10.1 Å². The third-order valence-corrected chi connectivity index (χ3v) is 4.98. The number of hydrogen-bond donors (Lipinski definition) is 3. The zero-order chi connectivity index (χ0) is 19.6. The number of pyridine rings is 1. The second kappa shape index (κ2) is 7.66. The van der Waals surface area contributed by atoms with Crippen molar-refractivity contribution in [3.63, 3.8) is 0 Å². The van der Waals surface area contributed by atoms with E-state index in [0.717, 1.165) is 11.4 Å². The molecule has 146 valence electrons. The van der Waals surface area contributed by atoms with Crippen molar-refractivity contribution >= 4 is 5.91 Å². The number of rotatable bonds is 6. The first-order valence-corrected chi connectivity index (χ1v) is 8.99. The van der Waals surface area contributed by atoms with E-state index in [1.807, 2.05) is 26.0 Å². The molecule has 1 saturated carbocycles. The molecule has 0 aliphatic heterocycles. The minimum Gasteiger partial charge on any atom is -0.477 e. The van der Waals surface area contributed by atoms with Crippen LogP contribution in [0.4, 0.5) is 0 Å².